The molecule has 11 aromatic carbocycles. The molecule has 0 fully saturated rings. The van der Waals surface area contributed by atoms with E-state index < -0.39 is 0 Å². The van der Waals surface area contributed by atoms with Gasteiger partial charge in [0.2, 0.25) is 0 Å². The third-order valence-electron chi connectivity index (χ3n) is 12.6. The molecule has 0 aliphatic heterocycles. The second-order valence-corrected chi connectivity index (χ2v) is 18.1. The fourth-order valence-corrected chi connectivity index (χ4v) is 12.2. The number of anilines is 3. The third kappa shape index (κ3) is 5.52. The first-order chi connectivity index (χ1) is 30.2. The SMILES string of the molecule is c1ccc(-c2ccc(-c3ccc(N(c4ccc5c(ccc6ccc7c8ccccc8sc7c65)c4)c4ccc5c(ccc6ccc7c8ccccc8sc7c65)c4)cc3)cc2)cc1. The molecule has 13 rings (SSSR count). The molecule has 0 aliphatic carbocycles. The lowest BCUT2D eigenvalue weighted by atomic mass is 9.98. The van der Waals surface area contributed by atoms with Crippen molar-refractivity contribution in [1.82, 2.24) is 0 Å². The van der Waals surface area contributed by atoms with E-state index in [1.54, 1.807) is 0 Å². The van der Waals surface area contributed by atoms with Crippen molar-refractivity contribution in [3.05, 3.63) is 212 Å². The number of nitrogens with zero attached hydrogens (tertiary/aromatic N) is 1. The lowest BCUT2D eigenvalue weighted by Crippen LogP contribution is -2.10. The van der Waals surface area contributed by atoms with Crippen molar-refractivity contribution in [1.29, 1.82) is 0 Å². The van der Waals surface area contributed by atoms with Gasteiger partial charge in [0.05, 0.1) is 0 Å². The largest absolute Gasteiger partial charge is 0.310 e. The van der Waals surface area contributed by atoms with Crippen LogP contribution in [0.5, 0.6) is 0 Å². The Morgan fingerprint density at radius 3 is 1.15 bits per heavy atom. The summed E-state index contributed by atoms with van der Waals surface area (Å²) in [5, 5.41) is 15.6. The van der Waals surface area contributed by atoms with E-state index in [1.165, 1.54) is 106 Å². The zero-order valence-corrected chi connectivity index (χ0v) is 34.6. The third-order valence-corrected chi connectivity index (χ3v) is 15.0. The number of fused-ring (bicyclic) bond motifs is 14. The van der Waals surface area contributed by atoms with Gasteiger partial charge in [0, 0.05) is 68.2 Å². The Kier molecular flexibility index (Phi) is 7.71. The van der Waals surface area contributed by atoms with E-state index in [1.807, 2.05) is 22.7 Å². The number of hydrogen-bond acceptors (Lipinski definition) is 3. The molecule has 2 heterocycles. The average molecular weight is 810 g/mol. The molecule has 0 saturated carbocycles. The summed E-state index contributed by atoms with van der Waals surface area (Å²) in [6, 6.07) is 78.6. The number of benzene rings is 11. The second-order valence-electron chi connectivity index (χ2n) is 16.0. The van der Waals surface area contributed by atoms with Crippen molar-refractivity contribution in [3.8, 4) is 22.3 Å². The quantitative estimate of drug-likeness (QED) is 0.157. The summed E-state index contributed by atoms with van der Waals surface area (Å²) in [6.45, 7) is 0. The monoisotopic (exact) mass is 809 g/mol. The topological polar surface area (TPSA) is 3.24 Å². The van der Waals surface area contributed by atoms with Gasteiger partial charge >= 0.3 is 0 Å². The van der Waals surface area contributed by atoms with Crippen molar-refractivity contribution >= 4 is 123 Å². The fourth-order valence-electron chi connectivity index (χ4n) is 9.65. The summed E-state index contributed by atoms with van der Waals surface area (Å²) in [5.74, 6) is 0. The van der Waals surface area contributed by atoms with E-state index in [2.05, 4.69) is 217 Å². The molecular formula is C58H35NS2. The molecule has 3 heteroatoms. The highest BCUT2D eigenvalue weighted by Crippen LogP contribution is 2.45. The Hall–Kier alpha value is -7.30. The van der Waals surface area contributed by atoms with E-state index in [9.17, 15) is 0 Å². The summed E-state index contributed by atoms with van der Waals surface area (Å²) in [5.41, 5.74) is 8.22. The van der Waals surface area contributed by atoms with E-state index in [0.717, 1.165) is 17.1 Å². The van der Waals surface area contributed by atoms with Crippen LogP contribution in [-0.4, -0.2) is 0 Å². The molecule has 1 nitrogen and oxygen atoms in total. The van der Waals surface area contributed by atoms with Crippen LogP contribution in [0.3, 0.4) is 0 Å². The van der Waals surface area contributed by atoms with Gasteiger partial charge in [0.1, 0.15) is 0 Å². The van der Waals surface area contributed by atoms with Crippen molar-refractivity contribution in [3.63, 3.8) is 0 Å². The maximum atomic E-state index is 2.43. The zero-order chi connectivity index (χ0) is 40.0. The summed E-state index contributed by atoms with van der Waals surface area (Å²) in [6.07, 6.45) is 0. The Labute approximate surface area is 360 Å². The molecule has 284 valence electrons. The van der Waals surface area contributed by atoms with Gasteiger partial charge in [0.25, 0.3) is 0 Å². The second kappa shape index (κ2) is 13.6. The first-order valence-corrected chi connectivity index (χ1v) is 22.4. The lowest BCUT2D eigenvalue weighted by molar-refractivity contribution is 1.29. The first-order valence-electron chi connectivity index (χ1n) is 20.8. The first kappa shape index (κ1) is 34.6. The van der Waals surface area contributed by atoms with Crippen molar-refractivity contribution < 1.29 is 0 Å². The molecule has 61 heavy (non-hydrogen) atoms. The Balaban J connectivity index is 0.973. The predicted molar refractivity (Wildman–Crippen MR) is 268 cm³/mol. The summed E-state index contributed by atoms with van der Waals surface area (Å²) >= 11 is 3.81. The molecule has 0 saturated heterocycles. The molecule has 0 radical (unpaired) electrons. The molecule has 0 spiro atoms. The van der Waals surface area contributed by atoms with Gasteiger partial charge in [-0.1, -0.05) is 164 Å². The molecule has 2 aromatic heterocycles. The molecule has 0 bridgehead atoms. The van der Waals surface area contributed by atoms with Gasteiger partial charge < -0.3 is 4.90 Å². The molecule has 0 N–H and O–H groups in total. The highest BCUT2D eigenvalue weighted by molar-refractivity contribution is 7.27. The van der Waals surface area contributed by atoms with Crippen LogP contribution in [0.25, 0.3) is 106 Å². The minimum Gasteiger partial charge on any atom is -0.310 e. The van der Waals surface area contributed by atoms with E-state index >= 15 is 0 Å². The smallest absolute Gasteiger partial charge is 0.0468 e. The van der Waals surface area contributed by atoms with E-state index in [4.69, 9.17) is 0 Å². The van der Waals surface area contributed by atoms with Crippen LogP contribution >= 0.6 is 22.7 Å². The Morgan fingerprint density at radius 1 is 0.262 bits per heavy atom. The maximum Gasteiger partial charge on any atom is 0.0468 e. The molecule has 0 unspecified atom stereocenters. The van der Waals surface area contributed by atoms with Crippen LogP contribution in [0.4, 0.5) is 17.1 Å². The van der Waals surface area contributed by atoms with Crippen LogP contribution in [0.2, 0.25) is 0 Å². The highest BCUT2D eigenvalue weighted by atomic mass is 32.1. The molecule has 0 amide bonds. The normalized spacial score (nSPS) is 11.9. The highest BCUT2D eigenvalue weighted by Gasteiger charge is 2.18. The number of hydrogen-bond donors (Lipinski definition) is 0. The predicted octanol–water partition coefficient (Wildman–Crippen LogP) is 17.8. The van der Waals surface area contributed by atoms with Crippen LogP contribution in [0.15, 0.2) is 212 Å². The minimum atomic E-state index is 1.11. The summed E-state index contributed by atoms with van der Waals surface area (Å²) in [7, 11) is 0. The van der Waals surface area contributed by atoms with Gasteiger partial charge in [-0.15, -0.1) is 22.7 Å². The van der Waals surface area contributed by atoms with Crippen molar-refractivity contribution in [2.75, 3.05) is 4.90 Å². The van der Waals surface area contributed by atoms with Crippen LogP contribution < -0.4 is 4.90 Å². The lowest BCUT2D eigenvalue weighted by Gasteiger charge is -2.27. The summed E-state index contributed by atoms with van der Waals surface area (Å²) in [4.78, 5) is 2.43. The van der Waals surface area contributed by atoms with Gasteiger partial charge in [0.15, 0.2) is 0 Å². The number of thiophene rings is 2. The van der Waals surface area contributed by atoms with Crippen LogP contribution in [-0.2, 0) is 0 Å². The van der Waals surface area contributed by atoms with Crippen molar-refractivity contribution in [2.24, 2.45) is 0 Å². The zero-order valence-electron chi connectivity index (χ0n) is 33.0. The van der Waals surface area contributed by atoms with Gasteiger partial charge in [-0.3, -0.25) is 0 Å². The Bertz CT molecular complexity index is 3670. The van der Waals surface area contributed by atoms with E-state index in [0.29, 0.717) is 0 Å². The minimum absolute atomic E-state index is 1.11. The maximum absolute atomic E-state index is 2.43. The molecule has 13 aromatic rings. The van der Waals surface area contributed by atoms with Crippen LogP contribution in [0, 0.1) is 0 Å². The van der Waals surface area contributed by atoms with Crippen molar-refractivity contribution in [2.45, 2.75) is 0 Å². The van der Waals surface area contributed by atoms with Gasteiger partial charge in [-0.2, -0.15) is 0 Å². The summed E-state index contributed by atoms with van der Waals surface area (Å²) < 4.78 is 5.38. The number of rotatable bonds is 5. The molecule has 0 atom stereocenters. The van der Waals surface area contributed by atoms with Gasteiger partial charge in [-0.25, -0.2) is 0 Å². The molecule has 0 aliphatic rings. The van der Waals surface area contributed by atoms with Gasteiger partial charge in [-0.05, 0) is 103 Å². The fraction of sp³-hybridized carbons (Fsp3) is 0. The van der Waals surface area contributed by atoms with Crippen LogP contribution in [0.1, 0.15) is 0 Å². The Morgan fingerprint density at radius 2 is 0.639 bits per heavy atom. The standard InChI is InChI=1S/C58H35NS2/c1-2-8-36(9-3-1)37-14-16-38(17-15-37)39-22-26-44(27-23-39)59(45-28-32-47-42(34-45)20-18-40-24-30-51-49-10-4-6-12-53(49)60-57(51)55(40)47)46-29-33-48-43(35-46)21-19-41-25-31-52-50-11-5-7-13-54(50)61-58(52)56(41)48/h1-35H. The average Bonchev–Trinajstić information content (AvgIpc) is 3.91. The van der Waals surface area contributed by atoms with E-state index in [-0.39, 0.29) is 0 Å². The molecular weight excluding hydrogens is 775 g/mol.